The molecular formula is C20H20ClFN2O7. The van der Waals surface area contributed by atoms with Crippen molar-refractivity contribution in [3.8, 4) is 0 Å². The smallest absolute Gasteiger partial charge is 0.330 e. The van der Waals surface area contributed by atoms with Crippen molar-refractivity contribution >= 4 is 17.6 Å². The summed E-state index contributed by atoms with van der Waals surface area (Å²) >= 11 is 5.91. The fourth-order valence-corrected chi connectivity index (χ4v) is 3.55. The van der Waals surface area contributed by atoms with Crippen LogP contribution in [0.25, 0.3) is 0 Å². The fraction of sp³-hybridized carbons (Fsp3) is 0.450. The predicted molar refractivity (Wildman–Crippen MR) is 105 cm³/mol. The van der Waals surface area contributed by atoms with Crippen LogP contribution in [0.2, 0.25) is 5.02 Å². The number of rotatable bonds is 5. The summed E-state index contributed by atoms with van der Waals surface area (Å²) < 4.78 is 39.1. The predicted octanol–water partition coefficient (Wildman–Crippen LogP) is 2.07. The van der Waals surface area contributed by atoms with Crippen LogP contribution in [0.5, 0.6) is 0 Å². The van der Waals surface area contributed by atoms with Gasteiger partial charge in [-0.1, -0.05) is 37.6 Å². The number of nitrogens with zero attached hydrogens (tertiary/aromatic N) is 1. The minimum atomic E-state index is -2.59. The van der Waals surface area contributed by atoms with Crippen LogP contribution in [-0.2, 0) is 23.7 Å². The topological polar surface area (TPSA) is 109 Å². The summed E-state index contributed by atoms with van der Waals surface area (Å²) in [6.07, 6.45) is -3.43. The molecule has 1 aromatic heterocycles. The average Bonchev–Trinajstić information content (AvgIpc) is 3.27. The number of carbonyl (C=O) groups excluding carboxylic acids is 1. The standard InChI is InChI=1S/C20H20ClFN2O7/c1-10(2)17(26)28-9-20(22)15-14(16(31-20)24-8-7-13(25)23-19(24)27)29-18(30-15)11-3-5-12(21)6-4-11/h3-8,10,14-16,18H,9H2,1-2H3,(H,23,25,27)/t14-,15+,16-,18?,20-/m1/s1. The number of esters is 1. The van der Waals surface area contributed by atoms with E-state index < -0.39 is 60.3 Å². The first-order valence-electron chi connectivity index (χ1n) is 9.59. The van der Waals surface area contributed by atoms with Crippen molar-refractivity contribution in [3.05, 3.63) is 68.0 Å². The van der Waals surface area contributed by atoms with Gasteiger partial charge in [0, 0.05) is 22.8 Å². The lowest BCUT2D eigenvalue weighted by molar-refractivity contribution is -0.249. The number of hydrogen-bond acceptors (Lipinski definition) is 7. The highest BCUT2D eigenvalue weighted by atomic mass is 35.5. The Morgan fingerprint density at radius 3 is 2.61 bits per heavy atom. The number of hydrogen-bond donors (Lipinski definition) is 1. The number of halogens is 2. The quantitative estimate of drug-likeness (QED) is 0.689. The highest BCUT2D eigenvalue weighted by Gasteiger charge is 2.64. The van der Waals surface area contributed by atoms with E-state index in [2.05, 4.69) is 4.98 Å². The molecule has 0 amide bonds. The van der Waals surface area contributed by atoms with E-state index in [4.69, 9.17) is 30.5 Å². The number of aromatic amines is 1. The van der Waals surface area contributed by atoms with E-state index in [1.165, 1.54) is 6.20 Å². The van der Waals surface area contributed by atoms with Crippen LogP contribution in [0.1, 0.15) is 31.9 Å². The fourth-order valence-electron chi connectivity index (χ4n) is 3.43. The van der Waals surface area contributed by atoms with Gasteiger partial charge in [0.25, 0.3) is 11.4 Å². The number of carbonyl (C=O) groups is 1. The highest BCUT2D eigenvalue weighted by molar-refractivity contribution is 6.30. The van der Waals surface area contributed by atoms with E-state index in [0.717, 1.165) is 10.6 Å². The molecule has 1 aromatic carbocycles. The largest absolute Gasteiger partial charge is 0.459 e. The van der Waals surface area contributed by atoms with Crippen LogP contribution in [0.3, 0.4) is 0 Å². The van der Waals surface area contributed by atoms with Gasteiger partial charge in [0.15, 0.2) is 25.2 Å². The summed E-state index contributed by atoms with van der Waals surface area (Å²) in [6, 6.07) is 7.68. The van der Waals surface area contributed by atoms with Crippen molar-refractivity contribution in [2.24, 2.45) is 5.92 Å². The van der Waals surface area contributed by atoms with Gasteiger partial charge in [-0.2, -0.15) is 0 Å². The summed E-state index contributed by atoms with van der Waals surface area (Å²) in [5.41, 5.74) is -0.845. The third-order valence-corrected chi connectivity index (χ3v) is 5.27. The molecule has 0 saturated carbocycles. The third kappa shape index (κ3) is 4.16. The summed E-state index contributed by atoms with van der Waals surface area (Å²) in [6.45, 7) is 2.47. The van der Waals surface area contributed by atoms with Gasteiger partial charge >= 0.3 is 11.7 Å². The van der Waals surface area contributed by atoms with Gasteiger partial charge in [-0.3, -0.25) is 19.1 Å². The van der Waals surface area contributed by atoms with E-state index in [1.807, 2.05) is 0 Å². The molecule has 4 rings (SSSR count). The maximum absolute atomic E-state index is 15.9. The maximum atomic E-state index is 15.9. The second-order valence-corrected chi connectivity index (χ2v) is 8.05. The summed E-state index contributed by atoms with van der Waals surface area (Å²) in [5, 5.41) is 0.503. The monoisotopic (exact) mass is 454 g/mol. The Labute approximate surface area is 180 Å². The Morgan fingerprint density at radius 2 is 1.97 bits per heavy atom. The van der Waals surface area contributed by atoms with E-state index in [0.29, 0.717) is 10.6 Å². The van der Waals surface area contributed by atoms with Crippen LogP contribution in [-0.4, -0.2) is 40.2 Å². The van der Waals surface area contributed by atoms with Crippen LogP contribution >= 0.6 is 11.6 Å². The zero-order valence-corrected chi connectivity index (χ0v) is 17.4. The summed E-state index contributed by atoms with van der Waals surface area (Å²) in [4.78, 5) is 37.7. The van der Waals surface area contributed by atoms with Crippen molar-refractivity contribution in [3.63, 3.8) is 0 Å². The molecule has 11 heteroatoms. The molecule has 2 saturated heterocycles. The second-order valence-electron chi connectivity index (χ2n) is 7.62. The number of nitrogens with one attached hydrogen (secondary N) is 1. The number of aromatic nitrogens is 2. The number of benzene rings is 1. The summed E-state index contributed by atoms with van der Waals surface area (Å²) in [7, 11) is 0. The molecule has 0 bridgehead atoms. The van der Waals surface area contributed by atoms with Gasteiger partial charge in [-0.15, -0.1) is 0 Å². The van der Waals surface area contributed by atoms with Crippen molar-refractivity contribution < 1.29 is 28.1 Å². The molecule has 0 aliphatic carbocycles. The molecule has 2 aliphatic rings. The molecule has 2 aliphatic heterocycles. The maximum Gasteiger partial charge on any atom is 0.330 e. The van der Waals surface area contributed by atoms with Crippen molar-refractivity contribution in [2.75, 3.05) is 6.61 Å². The molecule has 5 atom stereocenters. The van der Waals surface area contributed by atoms with Crippen molar-refractivity contribution in [1.29, 1.82) is 0 Å². The Bertz CT molecular complexity index is 1090. The van der Waals surface area contributed by atoms with Gasteiger partial charge in [0.1, 0.15) is 6.10 Å². The first-order valence-corrected chi connectivity index (χ1v) is 9.97. The molecule has 2 fully saturated rings. The molecule has 3 heterocycles. The second kappa shape index (κ2) is 8.19. The van der Waals surface area contributed by atoms with Gasteiger partial charge in [0.05, 0.1) is 5.92 Å². The van der Waals surface area contributed by atoms with E-state index in [1.54, 1.807) is 38.1 Å². The molecular weight excluding hydrogens is 435 g/mol. The van der Waals surface area contributed by atoms with E-state index in [9.17, 15) is 14.4 Å². The molecule has 166 valence electrons. The molecule has 2 aromatic rings. The number of fused-ring (bicyclic) bond motifs is 1. The Hall–Kier alpha value is -2.53. The Kier molecular flexibility index (Phi) is 5.73. The normalized spacial score (nSPS) is 29.8. The lowest BCUT2D eigenvalue weighted by Gasteiger charge is -2.26. The van der Waals surface area contributed by atoms with Gasteiger partial charge < -0.3 is 18.9 Å². The number of ether oxygens (including phenoxy) is 4. The van der Waals surface area contributed by atoms with E-state index >= 15 is 4.39 Å². The first kappa shape index (κ1) is 21.7. The van der Waals surface area contributed by atoms with Crippen molar-refractivity contribution in [1.82, 2.24) is 9.55 Å². The molecule has 0 radical (unpaired) electrons. The minimum Gasteiger partial charge on any atom is -0.459 e. The van der Waals surface area contributed by atoms with Crippen molar-refractivity contribution in [2.45, 2.75) is 44.4 Å². The van der Waals surface area contributed by atoms with Crippen LogP contribution in [0.4, 0.5) is 4.39 Å². The molecule has 0 spiro atoms. The Morgan fingerprint density at radius 1 is 1.26 bits per heavy atom. The molecule has 1 unspecified atom stereocenters. The zero-order chi connectivity index (χ0) is 22.3. The van der Waals surface area contributed by atoms with Crippen LogP contribution < -0.4 is 11.2 Å². The average molecular weight is 455 g/mol. The Balaban J connectivity index is 1.66. The van der Waals surface area contributed by atoms with Crippen LogP contribution in [0.15, 0.2) is 46.1 Å². The van der Waals surface area contributed by atoms with Gasteiger partial charge in [-0.05, 0) is 12.1 Å². The number of alkyl halides is 1. The molecule has 31 heavy (non-hydrogen) atoms. The lowest BCUT2D eigenvalue weighted by Crippen LogP contribution is -2.43. The SMILES string of the molecule is CC(C)C(=O)OC[C@@]1(F)O[C@@H](n2ccc(=O)[nH]c2=O)[C@@H]2OC(c3ccc(Cl)cc3)O[C@@H]21. The molecule has 1 N–H and O–H groups in total. The lowest BCUT2D eigenvalue weighted by atomic mass is 10.1. The van der Waals surface area contributed by atoms with Gasteiger partial charge in [-0.25, -0.2) is 9.18 Å². The molecule has 9 nitrogen and oxygen atoms in total. The van der Waals surface area contributed by atoms with Crippen LogP contribution in [0, 0.1) is 5.92 Å². The first-order chi connectivity index (χ1) is 14.7. The summed E-state index contributed by atoms with van der Waals surface area (Å²) in [5.74, 6) is -3.67. The van der Waals surface area contributed by atoms with Gasteiger partial charge in [0.2, 0.25) is 0 Å². The third-order valence-electron chi connectivity index (χ3n) is 5.02. The highest BCUT2D eigenvalue weighted by Crippen LogP contribution is 2.49. The van der Waals surface area contributed by atoms with E-state index in [-0.39, 0.29) is 0 Å². The zero-order valence-electron chi connectivity index (χ0n) is 16.6. The number of H-pyrrole nitrogens is 1. The minimum absolute atomic E-state index is 0.471.